The lowest BCUT2D eigenvalue weighted by Gasteiger charge is -2.29. The van der Waals surface area contributed by atoms with E-state index in [1.165, 1.54) is 11.9 Å². The molecule has 0 aliphatic carbocycles. The van der Waals surface area contributed by atoms with Gasteiger partial charge in [-0.25, -0.2) is 4.99 Å². The van der Waals surface area contributed by atoms with Gasteiger partial charge >= 0.3 is 12.4 Å². The number of alkyl halides is 6. The van der Waals surface area contributed by atoms with Gasteiger partial charge in [0.15, 0.2) is 0 Å². The summed E-state index contributed by atoms with van der Waals surface area (Å²) in [5, 5.41) is 4.96. The molecule has 2 N–H and O–H groups in total. The van der Waals surface area contributed by atoms with Gasteiger partial charge in [-0.3, -0.25) is 19.3 Å². The number of carbonyl (C=O) groups excluding carboxylic acids is 3. The number of anilines is 1. The van der Waals surface area contributed by atoms with Gasteiger partial charge in [0.25, 0.3) is 5.91 Å². The lowest BCUT2D eigenvalue weighted by Crippen LogP contribution is -2.51. The topological polar surface area (TPSA) is 97.3 Å². The van der Waals surface area contributed by atoms with Crippen molar-refractivity contribution in [1.82, 2.24) is 20.4 Å². The van der Waals surface area contributed by atoms with E-state index >= 15 is 0 Å². The fourth-order valence-corrected chi connectivity index (χ4v) is 6.05. The smallest absolute Gasteiger partial charge is 0.343 e. The van der Waals surface area contributed by atoms with Crippen LogP contribution in [0.3, 0.4) is 0 Å². The van der Waals surface area contributed by atoms with Crippen LogP contribution < -0.4 is 15.5 Å². The Hall–Kier alpha value is -3.98. The minimum atomic E-state index is -4.76. The number of benzene rings is 2. The van der Waals surface area contributed by atoms with E-state index in [-0.39, 0.29) is 12.7 Å². The molecule has 2 aliphatic heterocycles. The fourth-order valence-electron chi connectivity index (χ4n) is 6.05. The van der Waals surface area contributed by atoms with Crippen molar-refractivity contribution in [1.29, 1.82) is 0 Å². The van der Waals surface area contributed by atoms with Crippen LogP contribution in [0.4, 0.5) is 32.0 Å². The number of benzodiazepines with no additional fused rings is 1. The first-order valence-electron chi connectivity index (χ1n) is 15.6. The largest absolute Gasteiger partial charge is 0.389 e. The highest BCUT2D eigenvalue weighted by Crippen LogP contribution is 2.34. The van der Waals surface area contributed by atoms with Gasteiger partial charge in [0.05, 0.1) is 18.1 Å². The number of carbonyl (C=O) groups is 3. The van der Waals surface area contributed by atoms with Gasteiger partial charge < -0.3 is 20.4 Å². The Bertz CT molecular complexity index is 1470. The Morgan fingerprint density at radius 3 is 2.08 bits per heavy atom. The first kappa shape index (κ1) is 36.8. The minimum Gasteiger partial charge on any atom is -0.343 e. The van der Waals surface area contributed by atoms with E-state index in [4.69, 9.17) is 0 Å². The number of amides is 3. The average molecular weight is 683 g/mol. The number of likely N-dealkylation sites (N-methyl/N-ethyl adjacent to an activating group) is 2. The number of fused-ring (bicyclic) bond motifs is 1. The maximum atomic E-state index is 13.9. The Morgan fingerprint density at radius 1 is 0.917 bits per heavy atom. The molecule has 2 aliphatic rings. The van der Waals surface area contributed by atoms with E-state index in [1.807, 2.05) is 23.9 Å². The third-order valence-electron chi connectivity index (χ3n) is 8.76. The van der Waals surface area contributed by atoms with Crippen LogP contribution in [0.1, 0.15) is 43.2 Å². The second kappa shape index (κ2) is 15.5. The Balaban J connectivity index is 1.65. The number of hydrogen-bond acceptors (Lipinski definition) is 6. The van der Waals surface area contributed by atoms with E-state index in [1.54, 1.807) is 54.6 Å². The summed E-state index contributed by atoms with van der Waals surface area (Å²) in [7, 11) is 5.24. The third-order valence-corrected chi connectivity index (χ3v) is 8.76. The number of hydrogen-bond donors (Lipinski definition) is 2. The van der Waals surface area contributed by atoms with Gasteiger partial charge in [-0.15, -0.1) is 0 Å². The zero-order valence-corrected chi connectivity index (χ0v) is 26.9. The lowest BCUT2D eigenvalue weighted by atomic mass is 9.83. The Morgan fingerprint density at radius 2 is 1.50 bits per heavy atom. The lowest BCUT2D eigenvalue weighted by molar-refractivity contribution is -0.153. The van der Waals surface area contributed by atoms with Crippen molar-refractivity contribution >= 4 is 29.1 Å². The minimum absolute atomic E-state index is 0.0474. The molecule has 1 fully saturated rings. The molecule has 1 saturated heterocycles. The summed E-state index contributed by atoms with van der Waals surface area (Å²) in [4.78, 5) is 50.6. The summed E-state index contributed by atoms with van der Waals surface area (Å²) in [6.07, 6.45) is -15.3. The van der Waals surface area contributed by atoms with Crippen molar-refractivity contribution in [2.45, 2.75) is 56.7 Å². The maximum absolute atomic E-state index is 13.9. The molecule has 48 heavy (non-hydrogen) atoms. The molecule has 262 valence electrons. The molecule has 4 unspecified atom stereocenters. The van der Waals surface area contributed by atoms with Crippen molar-refractivity contribution in [2.75, 3.05) is 45.8 Å². The number of halogens is 6. The van der Waals surface area contributed by atoms with Gasteiger partial charge in [-0.1, -0.05) is 48.5 Å². The van der Waals surface area contributed by atoms with E-state index in [2.05, 4.69) is 15.6 Å². The van der Waals surface area contributed by atoms with Crippen molar-refractivity contribution in [3.8, 4) is 0 Å². The highest BCUT2D eigenvalue weighted by atomic mass is 19.4. The number of para-hydroxylation sites is 1. The van der Waals surface area contributed by atoms with Gasteiger partial charge in [0.1, 0.15) is 0 Å². The van der Waals surface area contributed by atoms with Gasteiger partial charge in [-0.05, 0) is 39.4 Å². The van der Waals surface area contributed by atoms with E-state index in [9.17, 15) is 40.7 Å². The predicted octanol–water partition coefficient (Wildman–Crippen LogP) is 4.57. The van der Waals surface area contributed by atoms with E-state index in [0.717, 1.165) is 6.42 Å². The van der Waals surface area contributed by atoms with Crippen LogP contribution in [0, 0.1) is 11.8 Å². The zero-order chi connectivity index (χ0) is 35.2. The summed E-state index contributed by atoms with van der Waals surface area (Å²) in [6, 6.07) is 15.7. The van der Waals surface area contributed by atoms with Crippen molar-refractivity contribution in [3.63, 3.8) is 0 Å². The summed E-state index contributed by atoms with van der Waals surface area (Å²) < 4.78 is 80.7. The second-order valence-electron chi connectivity index (χ2n) is 12.4. The molecule has 3 amide bonds. The first-order chi connectivity index (χ1) is 22.5. The molecule has 4 rings (SSSR count). The zero-order valence-electron chi connectivity index (χ0n) is 26.9. The van der Waals surface area contributed by atoms with Crippen molar-refractivity contribution < 1.29 is 40.7 Å². The summed E-state index contributed by atoms with van der Waals surface area (Å²) in [6.45, 7) is 1.11. The van der Waals surface area contributed by atoms with Gasteiger partial charge in [0, 0.05) is 62.0 Å². The Labute approximate surface area is 275 Å². The predicted molar refractivity (Wildman–Crippen MR) is 168 cm³/mol. The SMILES string of the molecule is CN1C(=O)C(NC(=O)C(CCC(F)(F)F)C(CCC(F)(F)F)C(=O)NCN2CCC(N(C)C)C2)N=C(c2ccccc2)c2ccccc21. The molecule has 0 aromatic heterocycles. The third kappa shape index (κ3) is 9.78. The number of likely N-dealkylation sites (tertiary alicyclic amines) is 1. The molecule has 2 heterocycles. The molecular weight excluding hydrogens is 642 g/mol. The van der Waals surface area contributed by atoms with Crippen LogP contribution in [0.5, 0.6) is 0 Å². The molecule has 9 nitrogen and oxygen atoms in total. The fraction of sp³-hybridized carbons (Fsp3) is 0.515. The molecule has 0 bridgehead atoms. The quantitative estimate of drug-likeness (QED) is 0.320. The van der Waals surface area contributed by atoms with Crippen molar-refractivity contribution in [2.24, 2.45) is 16.8 Å². The highest BCUT2D eigenvalue weighted by Gasteiger charge is 2.42. The number of aliphatic imine (C=N–C) groups is 1. The van der Waals surface area contributed by atoms with Crippen LogP contribution in [0.15, 0.2) is 59.6 Å². The van der Waals surface area contributed by atoms with Crippen LogP contribution in [0.25, 0.3) is 0 Å². The maximum Gasteiger partial charge on any atom is 0.389 e. The molecule has 4 atom stereocenters. The Kier molecular flexibility index (Phi) is 11.9. The molecule has 15 heteroatoms. The van der Waals surface area contributed by atoms with Crippen LogP contribution >= 0.6 is 0 Å². The van der Waals surface area contributed by atoms with E-state index < -0.39 is 73.8 Å². The average Bonchev–Trinajstić information content (AvgIpc) is 3.48. The van der Waals surface area contributed by atoms with E-state index in [0.29, 0.717) is 35.6 Å². The number of nitrogens with one attached hydrogen (secondary N) is 2. The highest BCUT2D eigenvalue weighted by molar-refractivity contribution is 6.20. The summed E-state index contributed by atoms with van der Waals surface area (Å²) in [5.41, 5.74) is 1.90. The van der Waals surface area contributed by atoms with Crippen molar-refractivity contribution in [3.05, 3.63) is 65.7 Å². The molecule has 2 aromatic carbocycles. The van der Waals surface area contributed by atoms with Gasteiger partial charge in [0.2, 0.25) is 18.0 Å². The number of rotatable bonds is 12. The molecular formula is C33H40F6N6O3. The summed E-state index contributed by atoms with van der Waals surface area (Å²) in [5.74, 6) is -6.49. The van der Waals surface area contributed by atoms with Crippen LogP contribution in [-0.4, -0.2) is 98.7 Å². The first-order valence-corrected chi connectivity index (χ1v) is 15.6. The second-order valence-corrected chi connectivity index (χ2v) is 12.4. The molecule has 0 spiro atoms. The monoisotopic (exact) mass is 682 g/mol. The number of nitrogens with zero attached hydrogens (tertiary/aromatic N) is 4. The summed E-state index contributed by atoms with van der Waals surface area (Å²) >= 11 is 0. The normalized spacial score (nSPS) is 20.2. The van der Waals surface area contributed by atoms with Crippen LogP contribution in [-0.2, 0) is 14.4 Å². The molecule has 0 saturated carbocycles. The standard InChI is InChI=1S/C33H40F6N6O3/c1-43(2)22-15-18-45(19-22)20-40-29(46)23(13-16-32(34,35)36)24(14-17-33(37,38)39)30(47)42-28-31(48)44(3)26-12-8-7-11-25(26)27(41-28)21-9-5-4-6-10-21/h4-12,22-24,28H,13-20H2,1-3H3,(H,40,46)(H,42,47). The van der Waals surface area contributed by atoms with Crippen LogP contribution in [0.2, 0.25) is 0 Å². The molecule has 2 aromatic rings. The molecule has 0 radical (unpaired) electrons. The van der Waals surface area contributed by atoms with Gasteiger partial charge in [-0.2, -0.15) is 26.3 Å².